The molecule has 0 aromatic heterocycles. The zero-order valence-electron chi connectivity index (χ0n) is 10.8. The van der Waals surface area contributed by atoms with Gasteiger partial charge in [0.05, 0.1) is 6.61 Å². The number of hydrogen-bond acceptors (Lipinski definition) is 4. The average molecular weight is 230 g/mol. The number of esters is 2. The molecule has 0 aliphatic heterocycles. The fourth-order valence-corrected chi connectivity index (χ4v) is 1.24. The smallest absolute Gasteiger partial charge is 0.320 e. The van der Waals surface area contributed by atoms with E-state index in [2.05, 4.69) is 0 Å². The molecule has 1 unspecified atom stereocenters. The fourth-order valence-electron chi connectivity index (χ4n) is 1.24. The summed E-state index contributed by atoms with van der Waals surface area (Å²) in [5, 5.41) is 0. The third-order valence-corrected chi connectivity index (χ3v) is 1.84. The first-order chi connectivity index (χ1) is 7.31. The van der Waals surface area contributed by atoms with E-state index < -0.39 is 23.5 Å². The van der Waals surface area contributed by atoms with E-state index in [0.717, 1.165) is 6.42 Å². The van der Waals surface area contributed by atoms with Crippen LogP contribution in [0.25, 0.3) is 0 Å². The predicted octanol–water partition coefficient (Wildman–Crippen LogP) is 2.31. The number of rotatable bonds is 5. The standard InChI is InChI=1S/C12H22O4/c1-6-8-9(10(13)15-7-2)11(14)16-12(3,4)5/h9H,6-8H2,1-5H3. The van der Waals surface area contributed by atoms with E-state index in [1.807, 2.05) is 6.92 Å². The first-order valence-corrected chi connectivity index (χ1v) is 5.71. The van der Waals surface area contributed by atoms with Gasteiger partial charge in [-0.1, -0.05) is 13.3 Å². The summed E-state index contributed by atoms with van der Waals surface area (Å²) in [6, 6.07) is 0. The lowest BCUT2D eigenvalue weighted by molar-refractivity contribution is -0.169. The molecular formula is C12H22O4. The molecule has 0 N–H and O–H groups in total. The van der Waals surface area contributed by atoms with E-state index in [-0.39, 0.29) is 6.61 Å². The van der Waals surface area contributed by atoms with Crippen LogP contribution in [0.4, 0.5) is 0 Å². The number of hydrogen-bond donors (Lipinski definition) is 0. The maximum absolute atomic E-state index is 11.7. The maximum Gasteiger partial charge on any atom is 0.320 e. The highest BCUT2D eigenvalue weighted by molar-refractivity contribution is 5.95. The molecule has 1 atom stereocenters. The highest BCUT2D eigenvalue weighted by Crippen LogP contribution is 2.16. The normalized spacial score (nSPS) is 13.1. The lowest BCUT2D eigenvalue weighted by Crippen LogP contribution is -2.33. The van der Waals surface area contributed by atoms with Gasteiger partial charge in [0, 0.05) is 0 Å². The van der Waals surface area contributed by atoms with Crippen LogP contribution in [0.5, 0.6) is 0 Å². The molecule has 0 saturated carbocycles. The third kappa shape index (κ3) is 5.73. The first-order valence-electron chi connectivity index (χ1n) is 5.71. The van der Waals surface area contributed by atoms with E-state index in [9.17, 15) is 9.59 Å². The lowest BCUT2D eigenvalue weighted by atomic mass is 10.0. The van der Waals surface area contributed by atoms with Crippen molar-refractivity contribution < 1.29 is 19.1 Å². The minimum Gasteiger partial charge on any atom is -0.465 e. The summed E-state index contributed by atoms with van der Waals surface area (Å²) in [4.78, 5) is 23.3. The fraction of sp³-hybridized carbons (Fsp3) is 0.833. The van der Waals surface area contributed by atoms with Gasteiger partial charge in [-0.15, -0.1) is 0 Å². The Kier molecular flexibility index (Phi) is 6.08. The summed E-state index contributed by atoms with van der Waals surface area (Å²) in [6.07, 6.45) is 1.20. The second kappa shape index (κ2) is 6.51. The summed E-state index contributed by atoms with van der Waals surface area (Å²) in [7, 11) is 0. The van der Waals surface area contributed by atoms with Gasteiger partial charge in [0.25, 0.3) is 0 Å². The second-order valence-electron chi connectivity index (χ2n) is 4.63. The zero-order chi connectivity index (χ0) is 12.8. The van der Waals surface area contributed by atoms with Crippen LogP contribution in [0.2, 0.25) is 0 Å². The lowest BCUT2D eigenvalue weighted by Gasteiger charge is -2.22. The highest BCUT2D eigenvalue weighted by atomic mass is 16.6. The molecule has 0 radical (unpaired) electrons. The molecule has 0 aliphatic carbocycles. The molecule has 16 heavy (non-hydrogen) atoms. The minimum absolute atomic E-state index is 0.280. The minimum atomic E-state index is -0.788. The summed E-state index contributed by atoms with van der Waals surface area (Å²) in [5.74, 6) is -1.77. The molecule has 4 heteroatoms. The van der Waals surface area contributed by atoms with E-state index in [1.54, 1.807) is 27.7 Å². The van der Waals surface area contributed by atoms with Crippen LogP contribution in [-0.2, 0) is 19.1 Å². The van der Waals surface area contributed by atoms with Gasteiger partial charge in [-0.2, -0.15) is 0 Å². The zero-order valence-corrected chi connectivity index (χ0v) is 10.8. The van der Waals surface area contributed by atoms with Gasteiger partial charge in [-0.05, 0) is 34.1 Å². The highest BCUT2D eigenvalue weighted by Gasteiger charge is 2.31. The molecule has 94 valence electrons. The van der Waals surface area contributed by atoms with Crippen molar-refractivity contribution in [3.63, 3.8) is 0 Å². The third-order valence-electron chi connectivity index (χ3n) is 1.84. The van der Waals surface area contributed by atoms with Crippen LogP contribution in [0.3, 0.4) is 0 Å². The number of ether oxygens (including phenoxy) is 2. The summed E-state index contributed by atoms with van der Waals surface area (Å²) in [6.45, 7) is 9.24. The summed E-state index contributed by atoms with van der Waals surface area (Å²) in [5.41, 5.74) is -0.574. The van der Waals surface area contributed by atoms with Gasteiger partial charge in [0.15, 0.2) is 5.92 Å². The van der Waals surface area contributed by atoms with Gasteiger partial charge in [0.1, 0.15) is 5.60 Å². The average Bonchev–Trinajstić information content (AvgIpc) is 2.11. The predicted molar refractivity (Wildman–Crippen MR) is 60.9 cm³/mol. The van der Waals surface area contributed by atoms with Crippen LogP contribution >= 0.6 is 0 Å². The maximum atomic E-state index is 11.7. The SMILES string of the molecule is CCCC(C(=O)OCC)C(=O)OC(C)(C)C. The van der Waals surface area contributed by atoms with Crippen molar-refractivity contribution >= 4 is 11.9 Å². The van der Waals surface area contributed by atoms with Crippen LogP contribution in [0, 0.1) is 5.92 Å². The van der Waals surface area contributed by atoms with Crippen molar-refractivity contribution in [2.75, 3.05) is 6.61 Å². The molecular weight excluding hydrogens is 208 g/mol. The van der Waals surface area contributed by atoms with Crippen molar-refractivity contribution in [1.82, 2.24) is 0 Å². The van der Waals surface area contributed by atoms with E-state index in [1.165, 1.54) is 0 Å². The second-order valence-corrected chi connectivity index (χ2v) is 4.63. The molecule has 0 rings (SSSR count). The molecule has 0 aromatic carbocycles. The molecule has 0 aliphatic rings. The van der Waals surface area contributed by atoms with Crippen molar-refractivity contribution in [3.05, 3.63) is 0 Å². The quantitative estimate of drug-likeness (QED) is 0.537. The van der Waals surface area contributed by atoms with Crippen LogP contribution < -0.4 is 0 Å². The Morgan fingerprint density at radius 1 is 1.12 bits per heavy atom. The Bertz CT molecular complexity index is 240. The first kappa shape index (κ1) is 14.9. The van der Waals surface area contributed by atoms with E-state index >= 15 is 0 Å². The Morgan fingerprint density at radius 2 is 1.69 bits per heavy atom. The van der Waals surface area contributed by atoms with Crippen molar-refractivity contribution in [1.29, 1.82) is 0 Å². The Balaban J connectivity index is 4.52. The molecule has 0 spiro atoms. The van der Waals surface area contributed by atoms with Gasteiger partial charge >= 0.3 is 11.9 Å². The monoisotopic (exact) mass is 230 g/mol. The molecule has 0 heterocycles. The van der Waals surface area contributed by atoms with Crippen LogP contribution in [-0.4, -0.2) is 24.1 Å². The Morgan fingerprint density at radius 3 is 2.06 bits per heavy atom. The molecule has 0 aromatic rings. The van der Waals surface area contributed by atoms with Crippen molar-refractivity contribution in [3.8, 4) is 0 Å². The Labute approximate surface area is 97.3 Å². The van der Waals surface area contributed by atoms with Crippen molar-refractivity contribution in [2.24, 2.45) is 5.92 Å². The summed E-state index contributed by atoms with van der Waals surface area (Å²) < 4.78 is 10.0. The molecule has 0 bridgehead atoms. The van der Waals surface area contributed by atoms with Gasteiger partial charge < -0.3 is 9.47 Å². The number of carbonyl (C=O) groups is 2. The van der Waals surface area contributed by atoms with Gasteiger partial charge in [-0.25, -0.2) is 0 Å². The van der Waals surface area contributed by atoms with Crippen molar-refractivity contribution in [2.45, 2.75) is 53.1 Å². The Hall–Kier alpha value is -1.06. The van der Waals surface area contributed by atoms with Crippen LogP contribution in [0.15, 0.2) is 0 Å². The largest absolute Gasteiger partial charge is 0.465 e. The number of carbonyl (C=O) groups excluding carboxylic acids is 2. The summed E-state index contributed by atoms with van der Waals surface area (Å²) >= 11 is 0. The topological polar surface area (TPSA) is 52.6 Å². The van der Waals surface area contributed by atoms with Gasteiger partial charge in [0.2, 0.25) is 0 Å². The molecule has 4 nitrogen and oxygen atoms in total. The van der Waals surface area contributed by atoms with Crippen LogP contribution in [0.1, 0.15) is 47.5 Å². The van der Waals surface area contributed by atoms with E-state index in [0.29, 0.717) is 6.42 Å². The van der Waals surface area contributed by atoms with Gasteiger partial charge in [-0.3, -0.25) is 9.59 Å². The molecule has 0 saturated heterocycles. The molecule has 0 amide bonds. The molecule has 0 fully saturated rings. The van der Waals surface area contributed by atoms with E-state index in [4.69, 9.17) is 9.47 Å².